The monoisotopic (exact) mass is 263 g/mol. The number of nitrogens with one attached hydrogen (secondary N) is 1. The van der Waals surface area contributed by atoms with E-state index in [1.54, 1.807) is 13.0 Å². The third-order valence-electron chi connectivity index (χ3n) is 2.58. The Morgan fingerprint density at radius 3 is 2.53 bits per heavy atom. The highest BCUT2D eigenvalue weighted by molar-refractivity contribution is 6.05. The average molecular weight is 263 g/mol. The van der Waals surface area contributed by atoms with Crippen LogP contribution in [0.25, 0.3) is 0 Å². The van der Waals surface area contributed by atoms with Crippen LogP contribution in [0, 0.1) is 18.6 Å². The number of aryl methyl sites for hydroxylation is 1. The molecule has 0 bridgehead atoms. The minimum Gasteiger partial charge on any atom is -0.506 e. The number of rotatable bonds is 2. The predicted octanol–water partition coefficient (Wildman–Crippen LogP) is 3.23. The molecule has 2 aromatic carbocycles. The van der Waals surface area contributed by atoms with E-state index in [-0.39, 0.29) is 11.3 Å². The zero-order chi connectivity index (χ0) is 14.0. The number of aromatic hydroxyl groups is 1. The maximum Gasteiger partial charge on any atom is 0.258 e. The van der Waals surface area contributed by atoms with Crippen LogP contribution in [0.2, 0.25) is 0 Å². The van der Waals surface area contributed by atoms with Crippen molar-refractivity contribution in [2.75, 3.05) is 5.32 Å². The fraction of sp³-hybridized carbons (Fsp3) is 0.0714. The number of hydrogen-bond acceptors (Lipinski definition) is 2. The number of phenols is 1. The zero-order valence-corrected chi connectivity index (χ0v) is 10.1. The van der Waals surface area contributed by atoms with Crippen molar-refractivity contribution in [1.82, 2.24) is 0 Å². The second-order valence-corrected chi connectivity index (χ2v) is 4.10. The number of benzene rings is 2. The molecule has 0 aliphatic carbocycles. The first kappa shape index (κ1) is 13.0. The van der Waals surface area contributed by atoms with Gasteiger partial charge in [-0.25, -0.2) is 8.78 Å². The van der Waals surface area contributed by atoms with Crippen LogP contribution in [0.1, 0.15) is 15.9 Å². The summed E-state index contributed by atoms with van der Waals surface area (Å²) in [5, 5.41) is 11.8. The number of halogens is 2. The molecule has 2 aromatic rings. The first-order valence-corrected chi connectivity index (χ1v) is 5.53. The van der Waals surface area contributed by atoms with E-state index in [2.05, 4.69) is 5.32 Å². The lowest BCUT2D eigenvalue weighted by Gasteiger charge is -2.08. The van der Waals surface area contributed by atoms with E-state index in [4.69, 9.17) is 0 Å². The van der Waals surface area contributed by atoms with E-state index in [1.165, 1.54) is 18.2 Å². The molecule has 0 spiro atoms. The van der Waals surface area contributed by atoms with E-state index < -0.39 is 23.3 Å². The molecule has 98 valence electrons. The summed E-state index contributed by atoms with van der Waals surface area (Å²) in [5.41, 5.74) is 0.569. The Morgan fingerprint density at radius 1 is 1.16 bits per heavy atom. The van der Waals surface area contributed by atoms with Crippen molar-refractivity contribution in [2.45, 2.75) is 6.92 Å². The Balaban J connectivity index is 2.25. The number of carbonyl (C=O) groups is 1. The molecule has 0 saturated heterocycles. The number of anilines is 1. The minimum atomic E-state index is -0.709. The summed E-state index contributed by atoms with van der Waals surface area (Å²) in [7, 11) is 0. The van der Waals surface area contributed by atoms with Crippen molar-refractivity contribution in [2.24, 2.45) is 0 Å². The molecule has 0 aliphatic rings. The molecular weight excluding hydrogens is 252 g/mol. The van der Waals surface area contributed by atoms with Gasteiger partial charge in [-0.15, -0.1) is 0 Å². The standard InChI is InChI=1S/C14H11F2NO2/c1-8-2-4-10(11(16)6-8)14(19)17-12-5-3-9(15)7-13(12)18/h2-7,18H,1H3,(H,17,19). The van der Waals surface area contributed by atoms with Crippen LogP contribution >= 0.6 is 0 Å². The van der Waals surface area contributed by atoms with Gasteiger partial charge in [-0.05, 0) is 36.8 Å². The molecule has 3 nitrogen and oxygen atoms in total. The number of phenolic OH excluding ortho intramolecular Hbond substituents is 1. The van der Waals surface area contributed by atoms with Gasteiger partial charge in [0, 0.05) is 6.07 Å². The van der Waals surface area contributed by atoms with Crippen LogP contribution in [0.4, 0.5) is 14.5 Å². The molecule has 0 unspecified atom stereocenters. The van der Waals surface area contributed by atoms with Gasteiger partial charge in [-0.1, -0.05) is 6.07 Å². The Morgan fingerprint density at radius 2 is 1.89 bits per heavy atom. The van der Waals surface area contributed by atoms with Gasteiger partial charge >= 0.3 is 0 Å². The smallest absolute Gasteiger partial charge is 0.258 e. The molecule has 0 radical (unpaired) electrons. The van der Waals surface area contributed by atoms with Crippen molar-refractivity contribution >= 4 is 11.6 Å². The topological polar surface area (TPSA) is 49.3 Å². The molecule has 2 N–H and O–H groups in total. The summed E-state index contributed by atoms with van der Waals surface area (Å²) in [6.07, 6.45) is 0. The first-order valence-electron chi connectivity index (χ1n) is 5.53. The Hall–Kier alpha value is -2.43. The van der Waals surface area contributed by atoms with Gasteiger partial charge in [0.15, 0.2) is 0 Å². The maximum absolute atomic E-state index is 13.6. The Kier molecular flexibility index (Phi) is 3.46. The molecule has 5 heteroatoms. The van der Waals surface area contributed by atoms with E-state index in [1.807, 2.05) is 0 Å². The van der Waals surface area contributed by atoms with Crippen LogP contribution in [0.15, 0.2) is 36.4 Å². The molecular formula is C14H11F2NO2. The summed E-state index contributed by atoms with van der Waals surface area (Å²) in [4.78, 5) is 11.8. The molecule has 0 aliphatic heterocycles. The SMILES string of the molecule is Cc1ccc(C(=O)Nc2ccc(F)cc2O)c(F)c1. The van der Waals surface area contributed by atoms with Crippen LogP contribution in [-0.4, -0.2) is 11.0 Å². The summed E-state index contributed by atoms with van der Waals surface area (Å²) in [6, 6.07) is 7.33. The molecule has 2 rings (SSSR count). The van der Waals surface area contributed by atoms with Crippen LogP contribution < -0.4 is 5.32 Å². The van der Waals surface area contributed by atoms with Gasteiger partial charge in [0.1, 0.15) is 17.4 Å². The molecule has 19 heavy (non-hydrogen) atoms. The van der Waals surface area contributed by atoms with E-state index in [0.29, 0.717) is 5.56 Å². The van der Waals surface area contributed by atoms with Crippen LogP contribution in [-0.2, 0) is 0 Å². The van der Waals surface area contributed by atoms with E-state index >= 15 is 0 Å². The van der Waals surface area contributed by atoms with Crippen LogP contribution in [0.3, 0.4) is 0 Å². The summed E-state index contributed by atoms with van der Waals surface area (Å²) in [5.74, 6) is -2.41. The maximum atomic E-state index is 13.6. The third-order valence-corrected chi connectivity index (χ3v) is 2.58. The highest BCUT2D eigenvalue weighted by atomic mass is 19.1. The second-order valence-electron chi connectivity index (χ2n) is 4.10. The number of carbonyl (C=O) groups excluding carboxylic acids is 1. The number of amides is 1. The zero-order valence-electron chi connectivity index (χ0n) is 10.1. The summed E-state index contributed by atoms with van der Waals surface area (Å²) < 4.78 is 26.4. The molecule has 0 aromatic heterocycles. The van der Waals surface area contributed by atoms with Crippen molar-refractivity contribution < 1.29 is 18.7 Å². The van der Waals surface area contributed by atoms with Crippen molar-refractivity contribution in [3.8, 4) is 5.75 Å². The summed E-state index contributed by atoms with van der Waals surface area (Å²) in [6.45, 7) is 1.70. The van der Waals surface area contributed by atoms with Gasteiger partial charge in [0.25, 0.3) is 5.91 Å². The van der Waals surface area contributed by atoms with E-state index in [9.17, 15) is 18.7 Å². The fourth-order valence-corrected chi connectivity index (χ4v) is 1.60. The highest BCUT2D eigenvalue weighted by Gasteiger charge is 2.13. The molecule has 1 amide bonds. The van der Waals surface area contributed by atoms with Gasteiger partial charge in [-0.3, -0.25) is 4.79 Å². The highest BCUT2D eigenvalue weighted by Crippen LogP contribution is 2.24. The minimum absolute atomic E-state index is 0.0198. The lowest BCUT2D eigenvalue weighted by Crippen LogP contribution is -2.14. The largest absolute Gasteiger partial charge is 0.506 e. The lowest BCUT2D eigenvalue weighted by atomic mass is 10.1. The third kappa shape index (κ3) is 2.88. The second kappa shape index (κ2) is 5.06. The Labute approximate surface area is 108 Å². The average Bonchev–Trinajstić information content (AvgIpc) is 2.32. The van der Waals surface area contributed by atoms with Crippen LogP contribution in [0.5, 0.6) is 5.75 Å². The molecule has 0 saturated carbocycles. The summed E-state index contributed by atoms with van der Waals surface area (Å²) >= 11 is 0. The Bertz CT molecular complexity index is 641. The van der Waals surface area contributed by atoms with Crippen molar-refractivity contribution in [1.29, 1.82) is 0 Å². The molecule has 0 heterocycles. The van der Waals surface area contributed by atoms with Gasteiger partial charge in [-0.2, -0.15) is 0 Å². The normalized spacial score (nSPS) is 10.3. The quantitative estimate of drug-likeness (QED) is 0.817. The van der Waals surface area contributed by atoms with Crippen molar-refractivity contribution in [3.05, 3.63) is 59.2 Å². The van der Waals surface area contributed by atoms with Crippen molar-refractivity contribution in [3.63, 3.8) is 0 Å². The first-order chi connectivity index (χ1) is 8.97. The molecule has 0 fully saturated rings. The lowest BCUT2D eigenvalue weighted by molar-refractivity contribution is 0.102. The fourth-order valence-electron chi connectivity index (χ4n) is 1.60. The van der Waals surface area contributed by atoms with E-state index in [0.717, 1.165) is 12.1 Å². The van der Waals surface area contributed by atoms with Gasteiger partial charge < -0.3 is 10.4 Å². The number of hydrogen-bond donors (Lipinski definition) is 2. The van der Waals surface area contributed by atoms with Gasteiger partial charge in [0.05, 0.1) is 11.3 Å². The molecule has 0 atom stereocenters. The van der Waals surface area contributed by atoms with Gasteiger partial charge in [0.2, 0.25) is 0 Å². The predicted molar refractivity (Wildman–Crippen MR) is 67.2 cm³/mol.